The van der Waals surface area contributed by atoms with Gasteiger partial charge in [-0.05, 0) is 30.3 Å². The van der Waals surface area contributed by atoms with Gasteiger partial charge in [0.15, 0.2) is 6.61 Å². The summed E-state index contributed by atoms with van der Waals surface area (Å²) in [6, 6.07) is 6.77. The van der Waals surface area contributed by atoms with Crippen LogP contribution in [0.3, 0.4) is 0 Å². The van der Waals surface area contributed by atoms with Crippen molar-refractivity contribution >= 4 is 29.1 Å². The third-order valence-electron chi connectivity index (χ3n) is 2.77. The van der Waals surface area contributed by atoms with E-state index in [-0.39, 0.29) is 22.0 Å². The fraction of sp³-hybridized carbons (Fsp3) is 0.0667. The highest BCUT2D eigenvalue weighted by Crippen LogP contribution is 2.22. The molecule has 2 amide bonds. The predicted octanol–water partition coefficient (Wildman–Crippen LogP) is 2.73. The summed E-state index contributed by atoms with van der Waals surface area (Å²) in [6.45, 7) is -0.530. The Kier molecular flexibility index (Phi) is 5.13. The number of carbonyl (C=O) groups is 2. The number of hydrogen-bond acceptors (Lipinski definition) is 3. The molecule has 0 saturated heterocycles. The zero-order chi connectivity index (χ0) is 17.0. The highest BCUT2D eigenvalue weighted by molar-refractivity contribution is 6.31. The van der Waals surface area contributed by atoms with Gasteiger partial charge in [-0.25, -0.2) is 8.78 Å². The molecule has 3 N–H and O–H groups in total. The molecular formula is C15H11ClF2N2O3. The Bertz CT molecular complexity index is 768. The van der Waals surface area contributed by atoms with Gasteiger partial charge >= 0.3 is 0 Å². The van der Waals surface area contributed by atoms with E-state index in [4.69, 9.17) is 22.1 Å². The Morgan fingerprint density at radius 2 is 1.91 bits per heavy atom. The number of nitrogens with one attached hydrogen (secondary N) is 1. The lowest BCUT2D eigenvalue weighted by atomic mass is 10.2. The molecule has 5 nitrogen and oxygen atoms in total. The van der Waals surface area contributed by atoms with E-state index >= 15 is 0 Å². The quantitative estimate of drug-likeness (QED) is 0.878. The first-order valence-corrected chi connectivity index (χ1v) is 6.71. The van der Waals surface area contributed by atoms with Gasteiger partial charge in [0.2, 0.25) is 0 Å². The number of amides is 2. The Morgan fingerprint density at radius 1 is 1.17 bits per heavy atom. The zero-order valence-corrected chi connectivity index (χ0v) is 12.4. The summed E-state index contributed by atoms with van der Waals surface area (Å²) in [4.78, 5) is 23.0. The van der Waals surface area contributed by atoms with E-state index in [0.29, 0.717) is 0 Å². The molecule has 0 aliphatic heterocycles. The summed E-state index contributed by atoms with van der Waals surface area (Å²) in [5, 5.41) is 2.44. The number of nitrogens with two attached hydrogens (primary N) is 1. The van der Waals surface area contributed by atoms with Gasteiger partial charge in [-0.2, -0.15) is 0 Å². The molecule has 23 heavy (non-hydrogen) atoms. The standard InChI is InChI=1S/C15H11ClF2N2O3/c16-8-1-4-13(10(5-8)15(19)22)23-7-14(21)20-12-6-9(17)2-3-11(12)18/h1-6H,7H2,(H2,19,22)(H,20,21). The molecule has 0 aromatic heterocycles. The summed E-state index contributed by atoms with van der Waals surface area (Å²) < 4.78 is 31.6. The van der Waals surface area contributed by atoms with Crippen molar-refractivity contribution in [1.82, 2.24) is 0 Å². The van der Waals surface area contributed by atoms with E-state index in [2.05, 4.69) is 5.32 Å². The molecule has 0 radical (unpaired) electrons. The van der Waals surface area contributed by atoms with Crippen LogP contribution in [0, 0.1) is 11.6 Å². The van der Waals surface area contributed by atoms with Crippen LogP contribution in [-0.4, -0.2) is 18.4 Å². The van der Waals surface area contributed by atoms with Gasteiger partial charge < -0.3 is 15.8 Å². The Morgan fingerprint density at radius 3 is 2.61 bits per heavy atom. The van der Waals surface area contributed by atoms with Gasteiger partial charge in [-0.3, -0.25) is 9.59 Å². The van der Waals surface area contributed by atoms with Crippen LogP contribution >= 0.6 is 11.6 Å². The van der Waals surface area contributed by atoms with Crippen molar-refractivity contribution in [3.63, 3.8) is 0 Å². The molecule has 0 saturated carbocycles. The number of ether oxygens (including phenoxy) is 1. The van der Waals surface area contributed by atoms with Crippen molar-refractivity contribution in [3.8, 4) is 5.75 Å². The third kappa shape index (κ3) is 4.40. The lowest BCUT2D eigenvalue weighted by Gasteiger charge is -2.10. The van der Waals surface area contributed by atoms with Crippen molar-refractivity contribution < 1.29 is 23.1 Å². The highest BCUT2D eigenvalue weighted by atomic mass is 35.5. The first kappa shape index (κ1) is 16.7. The van der Waals surface area contributed by atoms with Gasteiger partial charge in [0.25, 0.3) is 11.8 Å². The fourth-order valence-electron chi connectivity index (χ4n) is 1.74. The molecule has 8 heteroatoms. The Balaban J connectivity index is 2.05. The minimum absolute atomic E-state index is 0.00207. The molecule has 0 fully saturated rings. The van der Waals surface area contributed by atoms with Crippen LogP contribution in [0.1, 0.15) is 10.4 Å². The van der Waals surface area contributed by atoms with Crippen LogP contribution in [0.15, 0.2) is 36.4 Å². The van der Waals surface area contributed by atoms with E-state index in [0.717, 1.165) is 18.2 Å². The molecule has 2 aromatic rings. The van der Waals surface area contributed by atoms with Crippen LogP contribution in [0.5, 0.6) is 5.75 Å². The molecule has 120 valence electrons. The van der Waals surface area contributed by atoms with Crippen molar-refractivity contribution in [2.45, 2.75) is 0 Å². The molecule has 2 aromatic carbocycles. The maximum Gasteiger partial charge on any atom is 0.262 e. The SMILES string of the molecule is NC(=O)c1cc(Cl)ccc1OCC(=O)Nc1cc(F)ccc1F. The third-order valence-corrected chi connectivity index (χ3v) is 3.00. The monoisotopic (exact) mass is 340 g/mol. The minimum atomic E-state index is -0.788. The summed E-state index contributed by atoms with van der Waals surface area (Å²) in [7, 11) is 0. The fourth-order valence-corrected chi connectivity index (χ4v) is 1.92. The van der Waals surface area contributed by atoms with Crippen LogP contribution in [0.2, 0.25) is 5.02 Å². The topological polar surface area (TPSA) is 81.4 Å². The molecule has 0 aliphatic carbocycles. The minimum Gasteiger partial charge on any atom is -0.483 e. The van der Waals surface area contributed by atoms with Gasteiger partial charge in [0.1, 0.15) is 17.4 Å². The second kappa shape index (κ2) is 7.06. The number of primary amides is 1. The summed E-state index contributed by atoms with van der Waals surface area (Å²) in [6.07, 6.45) is 0. The average molecular weight is 341 g/mol. The number of hydrogen-bond donors (Lipinski definition) is 2. The van der Waals surface area contributed by atoms with Gasteiger partial charge in [-0.15, -0.1) is 0 Å². The van der Waals surface area contributed by atoms with Crippen LogP contribution in [0.4, 0.5) is 14.5 Å². The molecule has 0 spiro atoms. The second-order valence-electron chi connectivity index (χ2n) is 4.47. The van der Waals surface area contributed by atoms with Crippen molar-refractivity contribution in [1.29, 1.82) is 0 Å². The second-order valence-corrected chi connectivity index (χ2v) is 4.90. The lowest BCUT2D eigenvalue weighted by Crippen LogP contribution is -2.22. The van der Waals surface area contributed by atoms with E-state index in [9.17, 15) is 18.4 Å². The summed E-state index contributed by atoms with van der Waals surface area (Å²) in [5.74, 6) is -2.95. The van der Waals surface area contributed by atoms with E-state index in [1.807, 2.05) is 0 Å². The average Bonchev–Trinajstić information content (AvgIpc) is 2.49. The number of anilines is 1. The van der Waals surface area contributed by atoms with E-state index < -0.39 is 30.1 Å². The maximum absolute atomic E-state index is 13.4. The predicted molar refractivity (Wildman–Crippen MR) is 80.5 cm³/mol. The summed E-state index contributed by atoms with van der Waals surface area (Å²) in [5.41, 5.74) is 4.87. The first-order valence-electron chi connectivity index (χ1n) is 6.34. The van der Waals surface area contributed by atoms with Crippen LogP contribution in [-0.2, 0) is 4.79 Å². The van der Waals surface area contributed by atoms with E-state index in [1.165, 1.54) is 18.2 Å². The van der Waals surface area contributed by atoms with Crippen molar-refractivity contribution in [2.75, 3.05) is 11.9 Å². The molecule has 0 unspecified atom stereocenters. The summed E-state index contributed by atoms with van der Waals surface area (Å²) >= 11 is 5.74. The number of carbonyl (C=O) groups excluding carboxylic acids is 2. The molecule has 0 aliphatic rings. The largest absolute Gasteiger partial charge is 0.483 e. The van der Waals surface area contributed by atoms with Crippen LogP contribution < -0.4 is 15.8 Å². The Labute approximate surface area is 135 Å². The molecule has 0 bridgehead atoms. The molecular weight excluding hydrogens is 330 g/mol. The smallest absolute Gasteiger partial charge is 0.262 e. The lowest BCUT2D eigenvalue weighted by molar-refractivity contribution is -0.118. The van der Waals surface area contributed by atoms with Crippen molar-refractivity contribution in [3.05, 3.63) is 58.6 Å². The van der Waals surface area contributed by atoms with E-state index in [1.54, 1.807) is 0 Å². The van der Waals surface area contributed by atoms with Gasteiger partial charge in [-0.1, -0.05) is 11.6 Å². The molecule has 0 atom stereocenters. The first-order chi connectivity index (χ1) is 10.9. The maximum atomic E-state index is 13.4. The zero-order valence-electron chi connectivity index (χ0n) is 11.6. The number of rotatable bonds is 5. The van der Waals surface area contributed by atoms with Crippen LogP contribution in [0.25, 0.3) is 0 Å². The number of benzene rings is 2. The van der Waals surface area contributed by atoms with Gasteiger partial charge in [0.05, 0.1) is 11.3 Å². The molecule has 0 heterocycles. The Hall–Kier alpha value is -2.67. The van der Waals surface area contributed by atoms with Crippen molar-refractivity contribution in [2.24, 2.45) is 5.73 Å². The number of halogens is 3. The van der Waals surface area contributed by atoms with Gasteiger partial charge in [0, 0.05) is 11.1 Å². The normalized spacial score (nSPS) is 10.2. The highest BCUT2D eigenvalue weighted by Gasteiger charge is 2.13. The molecule has 2 rings (SSSR count).